The molecule has 21 heavy (non-hydrogen) atoms. The second-order valence-electron chi connectivity index (χ2n) is 4.93. The molecule has 2 atom stereocenters. The molecule has 0 aliphatic carbocycles. The van der Waals surface area contributed by atoms with Gasteiger partial charge in [-0.15, -0.1) is 0 Å². The predicted octanol–water partition coefficient (Wildman–Crippen LogP) is 3.60. The summed E-state index contributed by atoms with van der Waals surface area (Å²) in [6.45, 7) is 2.48. The molecule has 108 valence electrons. The Morgan fingerprint density at radius 2 is 1.67 bits per heavy atom. The molecule has 0 bridgehead atoms. The molecule has 0 heterocycles. The lowest BCUT2D eigenvalue weighted by Gasteiger charge is -2.18. The van der Waals surface area contributed by atoms with Crippen LogP contribution in [0.3, 0.4) is 0 Å². The molecular weight excluding hydrogens is 284 g/mol. The van der Waals surface area contributed by atoms with E-state index in [4.69, 9.17) is 16.9 Å². The first-order valence-corrected chi connectivity index (χ1v) is 7.15. The van der Waals surface area contributed by atoms with E-state index in [1.807, 2.05) is 31.2 Å². The maximum Gasteiger partial charge on any atom is 0.0991 e. The van der Waals surface area contributed by atoms with E-state index in [0.29, 0.717) is 17.1 Å². The Morgan fingerprint density at radius 3 is 2.24 bits per heavy atom. The van der Waals surface area contributed by atoms with Crippen LogP contribution in [0, 0.1) is 11.3 Å². The first kappa shape index (κ1) is 15.5. The number of rotatable bonds is 5. The van der Waals surface area contributed by atoms with Crippen LogP contribution in [0.5, 0.6) is 0 Å². The van der Waals surface area contributed by atoms with Gasteiger partial charge in [0, 0.05) is 17.6 Å². The highest BCUT2D eigenvalue weighted by Gasteiger charge is 2.10. The van der Waals surface area contributed by atoms with E-state index in [2.05, 4.69) is 11.4 Å². The SMILES string of the molecule is CC(NCC(O)c1ccc(C#N)cc1)c1ccc(Cl)cc1. The number of hydrogen-bond donors (Lipinski definition) is 2. The first-order chi connectivity index (χ1) is 10.1. The van der Waals surface area contributed by atoms with Gasteiger partial charge in [-0.25, -0.2) is 0 Å². The Morgan fingerprint density at radius 1 is 1.10 bits per heavy atom. The first-order valence-electron chi connectivity index (χ1n) is 6.77. The van der Waals surface area contributed by atoms with Gasteiger partial charge in [0.25, 0.3) is 0 Å². The molecule has 4 heteroatoms. The van der Waals surface area contributed by atoms with Gasteiger partial charge in [-0.05, 0) is 42.3 Å². The van der Waals surface area contributed by atoms with Gasteiger partial charge >= 0.3 is 0 Å². The molecule has 0 aliphatic heterocycles. The number of aliphatic hydroxyl groups excluding tert-OH is 1. The largest absolute Gasteiger partial charge is 0.387 e. The van der Waals surface area contributed by atoms with Crippen LogP contribution in [0.25, 0.3) is 0 Å². The van der Waals surface area contributed by atoms with Crippen molar-refractivity contribution in [3.05, 3.63) is 70.2 Å². The number of benzene rings is 2. The third-order valence-electron chi connectivity index (χ3n) is 3.41. The topological polar surface area (TPSA) is 56.0 Å². The van der Waals surface area contributed by atoms with Crippen molar-refractivity contribution in [2.24, 2.45) is 0 Å². The molecule has 3 nitrogen and oxygen atoms in total. The van der Waals surface area contributed by atoms with Crippen molar-refractivity contribution in [1.29, 1.82) is 5.26 Å². The number of nitrogens with zero attached hydrogens (tertiary/aromatic N) is 1. The lowest BCUT2D eigenvalue weighted by atomic mass is 10.1. The molecule has 0 saturated heterocycles. The van der Waals surface area contributed by atoms with Gasteiger partial charge in [0.1, 0.15) is 0 Å². The molecular formula is C17H17ClN2O. The molecule has 0 amide bonds. The van der Waals surface area contributed by atoms with E-state index in [1.165, 1.54) is 0 Å². The average molecular weight is 301 g/mol. The maximum atomic E-state index is 10.2. The molecule has 0 spiro atoms. The summed E-state index contributed by atoms with van der Waals surface area (Å²) in [7, 11) is 0. The molecule has 0 radical (unpaired) electrons. The van der Waals surface area contributed by atoms with Crippen molar-refractivity contribution in [3.8, 4) is 6.07 Å². The molecule has 0 aromatic heterocycles. The Bertz CT molecular complexity index is 617. The monoisotopic (exact) mass is 300 g/mol. The quantitative estimate of drug-likeness (QED) is 0.887. The predicted molar refractivity (Wildman–Crippen MR) is 84.0 cm³/mol. The van der Waals surface area contributed by atoms with Crippen LogP contribution in [0.15, 0.2) is 48.5 Å². The number of halogens is 1. The van der Waals surface area contributed by atoms with Crippen molar-refractivity contribution < 1.29 is 5.11 Å². The fourth-order valence-electron chi connectivity index (χ4n) is 2.06. The zero-order valence-corrected chi connectivity index (χ0v) is 12.5. The van der Waals surface area contributed by atoms with Crippen molar-refractivity contribution in [1.82, 2.24) is 5.32 Å². The third-order valence-corrected chi connectivity index (χ3v) is 3.66. The summed E-state index contributed by atoms with van der Waals surface area (Å²) in [6.07, 6.45) is -0.604. The molecule has 2 aromatic carbocycles. The fourth-order valence-corrected chi connectivity index (χ4v) is 2.18. The van der Waals surface area contributed by atoms with Gasteiger partial charge < -0.3 is 10.4 Å². The number of nitriles is 1. The van der Waals surface area contributed by atoms with E-state index >= 15 is 0 Å². The van der Waals surface area contributed by atoms with Crippen LogP contribution in [0.2, 0.25) is 5.02 Å². The Kier molecular flexibility index (Phi) is 5.35. The Balaban J connectivity index is 1.92. The second kappa shape index (κ2) is 7.24. The van der Waals surface area contributed by atoms with Gasteiger partial charge in [-0.2, -0.15) is 5.26 Å². The number of aliphatic hydroxyl groups is 1. The normalized spacial score (nSPS) is 13.4. The van der Waals surface area contributed by atoms with Gasteiger partial charge in [-0.3, -0.25) is 0 Å². The number of nitrogens with one attached hydrogen (secondary N) is 1. The van der Waals surface area contributed by atoms with Gasteiger partial charge in [0.15, 0.2) is 0 Å². The number of hydrogen-bond acceptors (Lipinski definition) is 3. The highest BCUT2D eigenvalue weighted by atomic mass is 35.5. The lowest BCUT2D eigenvalue weighted by molar-refractivity contribution is 0.171. The molecule has 2 N–H and O–H groups in total. The van der Waals surface area contributed by atoms with Crippen molar-refractivity contribution >= 4 is 11.6 Å². The Labute approximate surface area is 129 Å². The molecule has 2 aromatic rings. The van der Waals surface area contributed by atoms with Gasteiger partial charge in [0.2, 0.25) is 0 Å². The summed E-state index contributed by atoms with van der Waals surface area (Å²) >= 11 is 5.87. The van der Waals surface area contributed by atoms with Crippen LogP contribution in [0.4, 0.5) is 0 Å². The van der Waals surface area contributed by atoms with Crippen LogP contribution >= 0.6 is 11.6 Å². The minimum atomic E-state index is -0.604. The van der Waals surface area contributed by atoms with Crippen molar-refractivity contribution in [2.45, 2.75) is 19.1 Å². The van der Waals surface area contributed by atoms with E-state index in [-0.39, 0.29) is 6.04 Å². The van der Waals surface area contributed by atoms with Crippen LogP contribution in [-0.2, 0) is 0 Å². The summed E-state index contributed by atoms with van der Waals surface area (Å²) < 4.78 is 0. The summed E-state index contributed by atoms with van der Waals surface area (Å²) in [5.74, 6) is 0. The highest BCUT2D eigenvalue weighted by molar-refractivity contribution is 6.30. The van der Waals surface area contributed by atoms with E-state index in [0.717, 1.165) is 11.1 Å². The van der Waals surface area contributed by atoms with E-state index < -0.39 is 6.10 Å². The average Bonchev–Trinajstić information content (AvgIpc) is 2.53. The maximum absolute atomic E-state index is 10.2. The standard InChI is InChI=1S/C17H17ClN2O/c1-12(14-6-8-16(18)9-7-14)20-11-17(21)15-4-2-13(10-19)3-5-15/h2-9,12,17,20-21H,11H2,1H3. The molecule has 0 aliphatic rings. The lowest BCUT2D eigenvalue weighted by Crippen LogP contribution is -2.24. The zero-order valence-electron chi connectivity index (χ0n) is 11.8. The van der Waals surface area contributed by atoms with E-state index in [1.54, 1.807) is 24.3 Å². The molecule has 2 rings (SSSR count). The molecule has 0 fully saturated rings. The second-order valence-corrected chi connectivity index (χ2v) is 5.37. The highest BCUT2D eigenvalue weighted by Crippen LogP contribution is 2.18. The van der Waals surface area contributed by atoms with Gasteiger partial charge in [0.05, 0.1) is 17.7 Å². The summed E-state index contributed by atoms with van der Waals surface area (Å²) in [5, 5.41) is 22.9. The van der Waals surface area contributed by atoms with Crippen LogP contribution < -0.4 is 5.32 Å². The smallest absolute Gasteiger partial charge is 0.0991 e. The zero-order chi connectivity index (χ0) is 15.2. The fraction of sp³-hybridized carbons (Fsp3) is 0.235. The van der Waals surface area contributed by atoms with Crippen LogP contribution in [0.1, 0.15) is 35.8 Å². The van der Waals surface area contributed by atoms with E-state index in [9.17, 15) is 5.11 Å². The minimum Gasteiger partial charge on any atom is -0.387 e. The summed E-state index contributed by atoms with van der Waals surface area (Å²) in [4.78, 5) is 0. The van der Waals surface area contributed by atoms with Crippen LogP contribution in [-0.4, -0.2) is 11.7 Å². The Hall–Kier alpha value is -1.86. The molecule has 0 saturated carbocycles. The molecule has 2 unspecified atom stereocenters. The summed E-state index contributed by atoms with van der Waals surface area (Å²) in [5.41, 5.74) is 2.50. The van der Waals surface area contributed by atoms with Crippen molar-refractivity contribution in [2.75, 3.05) is 6.54 Å². The van der Waals surface area contributed by atoms with Gasteiger partial charge in [-0.1, -0.05) is 35.9 Å². The minimum absolute atomic E-state index is 0.121. The van der Waals surface area contributed by atoms with Crippen molar-refractivity contribution in [3.63, 3.8) is 0 Å². The summed E-state index contributed by atoms with van der Waals surface area (Å²) in [6, 6.07) is 16.8. The third kappa shape index (κ3) is 4.30.